The molecule has 3 nitrogen and oxygen atoms in total. The van der Waals surface area contributed by atoms with Crippen molar-refractivity contribution < 1.29 is 14.6 Å². The van der Waals surface area contributed by atoms with Gasteiger partial charge < -0.3 is 14.6 Å². The number of aliphatic hydroxyl groups is 1. The van der Waals surface area contributed by atoms with Crippen molar-refractivity contribution in [3.8, 4) is 0 Å². The molecule has 0 saturated carbocycles. The fourth-order valence-corrected chi connectivity index (χ4v) is 1.68. The Balaban J connectivity index is 0. The minimum Gasteiger partial charge on any atom is -0.512 e. The molecule has 0 radical (unpaired) electrons. The fraction of sp³-hybridized carbons (Fsp3) is 0.474. The molecule has 0 aliphatic carbocycles. The lowest BCUT2D eigenvalue weighted by atomic mass is 10.1. The third-order valence-corrected chi connectivity index (χ3v) is 2.96. The molecule has 0 aromatic heterocycles. The number of thiol groups is 1. The minimum absolute atomic E-state index is 0.293. The summed E-state index contributed by atoms with van der Waals surface area (Å²) in [5.74, 6) is 0.293. The lowest BCUT2D eigenvalue weighted by Crippen LogP contribution is -2.26. The second kappa shape index (κ2) is 14.2. The highest BCUT2D eigenvalue weighted by Gasteiger charge is 2.27. The van der Waals surface area contributed by atoms with E-state index in [1.54, 1.807) is 13.0 Å². The van der Waals surface area contributed by atoms with Gasteiger partial charge in [-0.05, 0) is 25.0 Å². The van der Waals surface area contributed by atoms with Gasteiger partial charge in [-0.2, -0.15) is 0 Å². The summed E-state index contributed by atoms with van der Waals surface area (Å²) in [7, 11) is 0. The van der Waals surface area contributed by atoms with E-state index >= 15 is 0 Å². The van der Waals surface area contributed by atoms with E-state index in [1.165, 1.54) is 0 Å². The molecule has 132 valence electrons. The molecule has 1 aromatic carbocycles. The van der Waals surface area contributed by atoms with Gasteiger partial charge in [-0.25, -0.2) is 0 Å². The first kappa shape index (κ1) is 23.9. The van der Waals surface area contributed by atoms with Crippen LogP contribution in [-0.4, -0.2) is 16.6 Å². The van der Waals surface area contributed by atoms with Crippen molar-refractivity contribution >= 4 is 18.7 Å². The zero-order chi connectivity index (χ0) is 18.3. The Kier molecular flexibility index (Phi) is 14.8. The van der Waals surface area contributed by atoms with E-state index < -0.39 is 4.93 Å². The molecule has 0 heterocycles. The molecule has 0 bridgehead atoms. The van der Waals surface area contributed by atoms with Crippen LogP contribution in [0.2, 0.25) is 0 Å². The van der Waals surface area contributed by atoms with Gasteiger partial charge in [0.2, 0.25) is 0 Å². The summed E-state index contributed by atoms with van der Waals surface area (Å²) in [4.78, 5) is -0.970. The SMILES string of the molecule is C=Cc1ccc(COC(C)(S)/C(=C/O)OCC)cc1.CC.CC. The van der Waals surface area contributed by atoms with Gasteiger partial charge in [-0.1, -0.05) is 64.6 Å². The summed E-state index contributed by atoms with van der Waals surface area (Å²) in [5, 5.41) is 9.13. The van der Waals surface area contributed by atoms with E-state index in [4.69, 9.17) is 14.6 Å². The van der Waals surface area contributed by atoms with Gasteiger partial charge in [0, 0.05) is 0 Å². The topological polar surface area (TPSA) is 38.7 Å². The Bertz CT molecular complexity index is 436. The zero-order valence-corrected chi connectivity index (χ0v) is 16.2. The van der Waals surface area contributed by atoms with Crippen molar-refractivity contribution in [1.29, 1.82) is 0 Å². The molecule has 0 saturated heterocycles. The lowest BCUT2D eigenvalue weighted by molar-refractivity contribution is 0.00653. The van der Waals surface area contributed by atoms with E-state index in [1.807, 2.05) is 58.9 Å². The van der Waals surface area contributed by atoms with Gasteiger partial charge in [0.05, 0.1) is 13.2 Å². The molecular formula is C19H32O3S. The molecule has 0 amide bonds. The van der Waals surface area contributed by atoms with Crippen LogP contribution in [0.3, 0.4) is 0 Å². The number of hydrogen-bond donors (Lipinski definition) is 2. The van der Waals surface area contributed by atoms with Gasteiger partial charge in [-0.15, -0.1) is 12.6 Å². The first-order chi connectivity index (χ1) is 11.0. The maximum Gasteiger partial charge on any atom is 0.172 e. The number of hydrogen-bond acceptors (Lipinski definition) is 4. The predicted octanol–water partition coefficient (Wildman–Crippen LogP) is 5.98. The lowest BCUT2D eigenvalue weighted by Gasteiger charge is -2.26. The van der Waals surface area contributed by atoms with Crippen LogP contribution in [0.15, 0.2) is 42.9 Å². The smallest absolute Gasteiger partial charge is 0.172 e. The van der Waals surface area contributed by atoms with E-state index in [9.17, 15) is 0 Å². The summed E-state index contributed by atoms with van der Waals surface area (Å²) in [6.07, 6.45) is 2.67. The second-order valence-corrected chi connectivity index (χ2v) is 5.00. The molecule has 23 heavy (non-hydrogen) atoms. The standard InChI is InChI=1S/C15H20O3S.2C2H6/c1-4-12-6-8-13(9-7-12)11-18-15(3,19)14(10-16)17-5-2;2*1-2/h4,6-10,16,19H,1,5,11H2,2-3H3;2*1-2H3/b14-10-;;. The van der Waals surface area contributed by atoms with Crippen molar-refractivity contribution in [3.05, 3.63) is 54.0 Å². The second-order valence-electron chi connectivity index (χ2n) is 4.14. The van der Waals surface area contributed by atoms with Gasteiger partial charge in [-0.3, -0.25) is 0 Å². The van der Waals surface area contributed by atoms with Crippen molar-refractivity contribution in [1.82, 2.24) is 0 Å². The van der Waals surface area contributed by atoms with E-state index in [0.29, 0.717) is 19.0 Å². The molecular weight excluding hydrogens is 308 g/mol. The zero-order valence-electron chi connectivity index (χ0n) is 15.3. The van der Waals surface area contributed by atoms with Crippen molar-refractivity contribution in [3.63, 3.8) is 0 Å². The number of benzene rings is 1. The highest BCUT2D eigenvalue weighted by molar-refractivity contribution is 7.81. The average Bonchev–Trinajstić information content (AvgIpc) is 2.61. The van der Waals surface area contributed by atoms with Crippen LogP contribution in [0.25, 0.3) is 6.08 Å². The monoisotopic (exact) mass is 340 g/mol. The number of ether oxygens (including phenoxy) is 2. The largest absolute Gasteiger partial charge is 0.512 e. The predicted molar refractivity (Wildman–Crippen MR) is 104 cm³/mol. The Labute approximate surface area is 147 Å². The molecule has 0 spiro atoms. The number of aliphatic hydroxyl groups excluding tert-OH is 1. The molecule has 0 aliphatic rings. The summed E-state index contributed by atoms with van der Waals surface area (Å²) in [6.45, 7) is 16.1. The molecule has 1 N–H and O–H groups in total. The maximum absolute atomic E-state index is 9.13. The third kappa shape index (κ3) is 9.36. The van der Waals surface area contributed by atoms with Gasteiger partial charge in [0.25, 0.3) is 0 Å². The highest BCUT2D eigenvalue weighted by Crippen LogP contribution is 2.27. The van der Waals surface area contributed by atoms with E-state index in [2.05, 4.69) is 19.2 Å². The van der Waals surface area contributed by atoms with Crippen LogP contribution < -0.4 is 0 Å². The molecule has 1 unspecified atom stereocenters. The quantitative estimate of drug-likeness (QED) is 0.364. The van der Waals surface area contributed by atoms with Gasteiger partial charge >= 0.3 is 0 Å². The van der Waals surface area contributed by atoms with Crippen molar-refractivity contribution in [2.75, 3.05) is 6.61 Å². The first-order valence-corrected chi connectivity index (χ1v) is 8.53. The normalized spacial score (nSPS) is 12.7. The Hall–Kier alpha value is -1.39. The van der Waals surface area contributed by atoms with Crippen LogP contribution in [0.5, 0.6) is 0 Å². The van der Waals surface area contributed by atoms with Gasteiger partial charge in [0.15, 0.2) is 10.7 Å². The average molecular weight is 341 g/mol. The molecule has 0 fully saturated rings. The Morgan fingerprint density at radius 1 is 1.22 bits per heavy atom. The summed E-state index contributed by atoms with van der Waals surface area (Å²) >= 11 is 4.37. The molecule has 1 aromatic rings. The van der Waals surface area contributed by atoms with Crippen LogP contribution >= 0.6 is 12.6 Å². The van der Waals surface area contributed by atoms with E-state index in [0.717, 1.165) is 17.4 Å². The van der Waals surface area contributed by atoms with Crippen molar-refractivity contribution in [2.45, 2.75) is 53.1 Å². The summed E-state index contributed by atoms with van der Waals surface area (Å²) < 4.78 is 11.0. The number of rotatable bonds is 7. The fourth-order valence-electron chi connectivity index (χ4n) is 1.49. The molecule has 4 heteroatoms. The Morgan fingerprint density at radius 2 is 1.74 bits per heavy atom. The van der Waals surface area contributed by atoms with E-state index in [-0.39, 0.29) is 0 Å². The molecule has 1 atom stereocenters. The Morgan fingerprint density at radius 3 is 2.13 bits per heavy atom. The molecule has 1 rings (SSSR count). The van der Waals surface area contributed by atoms with Crippen LogP contribution in [0.4, 0.5) is 0 Å². The third-order valence-electron chi connectivity index (χ3n) is 2.61. The summed E-state index contributed by atoms with van der Waals surface area (Å²) in [6, 6.07) is 7.85. The highest BCUT2D eigenvalue weighted by atomic mass is 32.1. The van der Waals surface area contributed by atoms with Crippen LogP contribution in [0, 0.1) is 0 Å². The van der Waals surface area contributed by atoms with Crippen molar-refractivity contribution in [2.24, 2.45) is 0 Å². The maximum atomic E-state index is 9.13. The minimum atomic E-state index is -0.970. The van der Waals surface area contributed by atoms with Crippen LogP contribution in [-0.2, 0) is 16.1 Å². The van der Waals surface area contributed by atoms with Crippen LogP contribution in [0.1, 0.15) is 52.7 Å². The van der Waals surface area contributed by atoms with Gasteiger partial charge in [0.1, 0.15) is 6.26 Å². The molecule has 0 aliphatic heterocycles. The first-order valence-electron chi connectivity index (χ1n) is 8.09. The summed E-state index contributed by atoms with van der Waals surface area (Å²) in [5.41, 5.74) is 2.07.